The molecule has 0 radical (unpaired) electrons. The van der Waals surface area contributed by atoms with Crippen LogP contribution in [0, 0.1) is 0 Å². The molecular formula is C13H13N5S2. The summed E-state index contributed by atoms with van der Waals surface area (Å²) < 4.78 is 3.03. The number of imidazole rings is 1. The van der Waals surface area contributed by atoms with Gasteiger partial charge in [-0.1, -0.05) is 29.2 Å². The van der Waals surface area contributed by atoms with E-state index in [-0.39, 0.29) is 0 Å². The number of fused-ring (bicyclic) bond motifs is 1. The molecule has 0 atom stereocenters. The average molecular weight is 303 g/mol. The molecule has 3 aromatic heterocycles. The van der Waals surface area contributed by atoms with Gasteiger partial charge in [0.1, 0.15) is 5.65 Å². The highest BCUT2D eigenvalue weighted by Crippen LogP contribution is 2.31. The van der Waals surface area contributed by atoms with Crippen LogP contribution in [0.25, 0.3) is 5.65 Å². The van der Waals surface area contributed by atoms with Crippen molar-refractivity contribution in [2.75, 3.05) is 5.32 Å². The Labute approximate surface area is 124 Å². The lowest BCUT2D eigenvalue weighted by Crippen LogP contribution is -1.99. The molecule has 1 aliphatic rings. The van der Waals surface area contributed by atoms with Crippen molar-refractivity contribution in [3.05, 3.63) is 36.3 Å². The summed E-state index contributed by atoms with van der Waals surface area (Å²) in [5, 5.41) is 12.7. The Hall–Kier alpha value is -1.60. The lowest BCUT2D eigenvalue weighted by molar-refractivity contribution is 0.994. The van der Waals surface area contributed by atoms with Gasteiger partial charge in [-0.15, -0.1) is 10.2 Å². The summed E-state index contributed by atoms with van der Waals surface area (Å²) in [4.78, 5) is 4.58. The van der Waals surface area contributed by atoms with Gasteiger partial charge in [0.25, 0.3) is 0 Å². The van der Waals surface area contributed by atoms with Gasteiger partial charge in [0.15, 0.2) is 4.34 Å². The molecule has 5 nitrogen and oxygen atoms in total. The first-order chi connectivity index (χ1) is 9.87. The predicted molar refractivity (Wildman–Crippen MR) is 81.3 cm³/mol. The van der Waals surface area contributed by atoms with E-state index in [4.69, 9.17) is 0 Å². The van der Waals surface area contributed by atoms with E-state index in [1.54, 1.807) is 23.1 Å². The van der Waals surface area contributed by atoms with Gasteiger partial charge >= 0.3 is 0 Å². The average Bonchev–Trinajstić information content (AvgIpc) is 3.01. The minimum Gasteiger partial charge on any atom is -0.357 e. The highest BCUT2D eigenvalue weighted by atomic mass is 32.2. The first-order valence-corrected chi connectivity index (χ1v) is 8.32. The summed E-state index contributed by atoms with van der Waals surface area (Å²) in [5.41, 5.74) is 2.05. The third-order valence-electron chi connectivity index (χ3n) is 3.07. The molecule has 0 spiro atoms. The summed E-state index contributed by atoms with van der Waals surface area (Å²) in [6, 6.07) is 6.64. The summed E-state index contributed by atoms with van der Waals surface area (Å²) in [6.07, 6.45) is 6.58. The lowest BCUT2D eigenvalue weighted by Gasteiger charge is -1.94. The summed E-state index contributed by atoms with van der Waals surface area (Å²) in [5.74, 6) is 0.819. The fourth-order valence-corrected chi connectivity index (χ4v) is 3.63. The zero-order valence-electron chi connectivity index (χ0n) is 10.7. The minimum absolute atomic E-state index is 0.624. The molecule has 1 saturated carbocycles. The molecule has 0 bridgehead atoms. The van der Waals surface area contributed by atoms with Crippen molar-refractivity contribution in [3.8, 4) is 0 Å². The molecular weight excluding hydrogens is 290 g/mol. The van der Waals surface area contributed by atoms with Crippen molar-refractivity contribution in [2.45, 2.75) is 29.0 Å². The van der Waals surface area contributed by atoms with E-state index in [9.17, 15) is 0 Å². The van der Waals surface area contributed by atoms with Gasteiger partial charge in [-0.2, -0.15) is 0 Å². The molecule has 7 heteroatoms. The predicted octanol–water partition coefficient (Wildman–Crippen LogP) is 3.05. The molecule has 4 rings (SSSR count). The van der Waals surface area contributed by atoms with Crippen LogP contribution in [-0.2, 0) is 5.75 Å². The Morgan fingerprint density at radius 3 is 3.15 bits per heavy atom. The quantitative estimate of drug-likeness (QED) is 0.734. The van der Waals surface area contributed by atoms with Crippen LogP contribution in [0.3, 0.4) is 0 Å². The van der Waals surface area contributed by atoms with Crippen molar-refractivity contribution >= 4 is 33.9 Å². The van der Waals surface area contributed by atoms with E-state index in [1.807, 2.05) is 28.8 Å². The third kappa shape index (κ3) is 2.64. The Bertz CT molecular complexity index is 698. The number of nitrogens with one attached hydrogen (secondary N) is 1. The minimum atomic E-state index is 0.624. The van der Waals surface area contributed by atoms with Crippen molar-refractivity contribution < 1.29 is 0 Å². The second-order valence-corrected chi connectivity index (χ2v) is 6.98. The van der Waals surface area contributed by atoms with Gasteiger partial charge in [-0.05, 0) is 25.0 Å². The first kappa shape index (κ1) is 12.2. The zero-order chi connectivity index (χ0) is 13.4. The van der Waals surface area contributed by atoms with Crippen LogP contribution >= 0.6 is 23.1 Å². The van der Waals surface area contributed by atoms with Crippen molar-refractivity contribution in [3.63, 3.8) is 0 Å². The molecule has 0 aliphatic heterocycles. The van der Waals surface area contributed by atoms with Gasteiger partial charge in [0.2, 0.25) is 5.13 Å². The van der Waals surface area contributed by atoms with Crippen LogP contribution in [-0.4, -0.2) is 25.6 Å². The molecule has 0 saturated heterocycles. The Morgan fingerprint density at radius 2 is 2.30 bits per heavy atom. The number of aromatic nitrogens is 4. The van der Waals surface area contributed by atoms with E-state index in [0.29, 0.717) is 6.04 Å². The topological polar surface area (TPSA) is 55.1 Å². The van der Waals surface area contributed by atoms with Crippen LogP contribution in [0.2, 0.25) is 0 Å². The highest BCUT2D eigenvalue weighted by Gasteiger charge is 2.22. The largest absolute Gasteiger partial charge is 0.357 e. The molecule has 0 amide bonds. The van der Waals surface area contributed by atoms with E-state index < -0.39 is 0 Å². The fraction of sp³-hybridized carbons (Fsp3) is 0.308. The summed E-state index contributed by atoms with van der Waals surface area (Å²) in [7, 11) is 0. The number of nitrogens with zero attached hydrogens (tertiary/aromatic N) is 4. The number of hydrogen-bond acceptors (Lipinski definition) is 6. The molecule has 3 aromatic rings. The van der Waals surface area contributed by atoms with Crippen LogP contribution in [0.5, 0.6) is 0 Å². The second kappa shape index (κ2) is 5.06. The van der Waals surface area contributed by atoms with Crippen molar-refractivity contribution in [2.24, 2.45) is 0 Å². The number of pyridine rings is 1. The molecule has 20 heavy (non-hydrogen) atoms. The van der Waals surface area contributed by atoms with E-state index in [2.05, 4.69) is 26.7 Å². The Balaban J connectivity index is 1.42. The molecule has 0 unspecified atom stereocenters. The zero-order valence-corrected chi connectivity index (χ0v) is 12.3. The van der Waals surface area contributed by atoms with E-state index in [1.165, 1.54) is 12.8 Å². The molecule has 1 fully saturated rings. The number of hydrogen-bond donors (Lipinski definition) is 1. The second-order valence-electron chi connectivity index (χ2n) is 4.78. The Kier molecular flexibility index (Phi) is 3.08. The summed E-state index contributed by atoms with van der Waals surface area (Å²) in [6.45, 7) is 0. The van der Waals surface area contributed by atoms with Crippen LogP contribution in [0.15, 0.2) is 34.9 Å². The monoisotopic (exact) mass is 303 g/mol. The van der Waals surface area contributed by atoms with Crippen LogP contribution in [0.1, 0.15) is 18.5 Å². The lowest BCUT2D eigenvalue weighted by atomic mass is 10.5. The van der Waals surface area contributed by atoms with Gasteiger partial charge in [0.05, 0.1) is 5.69 Å². The maximum Gasteiger partial charge on any atom is 0.206 e. The molecule has 3 heterocycles. The summed E-state index contributed by atoms with van der Waals surface area (Å²) >= 11 is 3.31. The van der Waals surface area contributed by atoms with Gasteiger partial charge < -0.3 is 9.72 Å². The fourth-order valence-electron chi connectivity index (χ4n) is 1.92. The molecule has 1 aliphatic carbocycles. The third-order valence-corrected chi connectivity index (χ3v) is 5.09. The smallest absolute Gasteiger partial charge is 0.206 e. The molecule has 102 valence electrons. The molecule has 1 N–H and O–H groups in total. The maximum atomic E-state index is 4.58. The van der Waals surface area contributed by atoms with Crippen molar-refractivity contribution in [1.29, 1.82) is 0 Å². The standard InChI is InChI=1S/C13H13N5S2/c1-2-6-18-7-10(14-11(18)3-1)8-19-13-17-16-12(20-13)15-9-4-5-9/h1-3,6-7,9H,4-5,8H2,(H,15,16). The van der Waals surface area contributed by atoms with Crippen molar-refractivity contribution in [1.82, 2.24) is 19.6 Å². The number of thioether (sulfide) groups is 1. The molecule has 0 aromatic carbocycles. The SMILES string of the molecule is c1ccn2cc(CSc3nnc(NC4CC4)s3)nc2c1. The normalized spacial score (nSPS) is 14.8. The van der Waals surface area contributed by atoms with E-state index >= 15 is 0 Å². The van der Waals surface area contributed by atoms with Gasteiger partial charge in [0, 0.05) is 24.2 Å². The Morgan fingerprint density at radius 1 is 1.35 bits per heavy atom. The van der Waals surface area contributed by atoms with Crippen LogP contribution < -0.4 is 5.32 Å². The van der Waals surface area contributed by atoms with Crippen LogP contribution in [0.4, 0.5) is 5.13 Å². The van der Waals surface area contributed by atoms with Gasteiger partial charge in [-0.3, -0.25) is 0 Å². The first-order valence-electron chi connectivity index (χ1n) is 6.52. The van der Waals surface area contributed by atoms with Gasteiger partial charge in [-0.25, -0.2) is 4.98 Å². The highest BCUT2D eigenvalue weighted by molar-refractivity contribution is 8.00. The number of anilines is 1. The van der Waals surface area contributed by atoms with E-state index in [0.717, 1.165) is 26.6 Å². The maximum absolute atomic E-state index is 4.58. The number of rotatable bonds is 5.